The minimum atomic E-state index is 0.879. The number of thiazole rings is 1. The molecule has 0 bridgehead atoms. The molecule has 3 rings (SSSR count). The molecule has 0 saturated heterocycles. The quantitative estimate of drug-likeness (QED) is 0.708. The molecule has 3 aromatic rings. The fraction of sp³-hybridized carbons (Fsp3) is 0.143. The van der Waals surface area contributed by atoms with Crippen LogP contribution in [0.25, 0.3) is 21.8 Å². The number of hydrogen-bond donors (Lipinski definition) is 0. The van der Waals surface area contributed by atoms with E-state index in [1.165, 1.54) is 0 Å². The first-order chi connectivity index (χ1) is 9.26. The van der Waals surface area contributed by atoms with Gasteiger partial charge in [-0.15, -0.1) is 11.3 Å². The first kappa shape index (κ1) is 12.6. The van der Waals surface area contributed by atoms with Crippen molar-refractivity contribution in [1.29, 1.82) is 0 Å². The van der Waals surface area contributed by atoms with E-state index in [0.717, 1.165) is 32.8 Å². The molecule has 0 radical (unpaired) electrons. The molecule has 96 valence electrons. The van der Waals surface area contributed by atoms with Crippen molar-refractivity contribution < 1.29 is 0 Å². The third-order valence-corrected chi connectivity index (χ3v) is 4.27. The number of halogens is 1. The molecule has 19 heavy (non-hydrogen) atoms. The summed E-state index contributed by atoms with van der Waals surface area (Å²) in [5.41, 5.74) is 3.20. The van der Waals surface area contributed by atoms with Gasteiger partial charge in [-0.25, -0.2) is 4.98 Å². The van der Waals surface area contributed by atoms with Crippen molar-refractivity contribution in [2.75, 3.05) is 0 Å². The lowest BCUT2D eigenvalue weighted by Gasteiger charge is -1.95. The molecule has 0 aliphatic carbocycles. The van der Waals surface area contributed by atoms with E-state index < -0.39 is 0 Å². The minimum absolute atomic E-state index is 0.879. The molecule has 2 heterocycles. The van der Waals surface area contributed by atoms with Crippen molar-refractivity contribution >= 4 is 27.3 Å². The van der Waals surface area contributed by atoms with Gasteiger partial charge in [0.2, 0.25) is 0 Å². The van der Waals surface area contributed by atoms with Crippen LogP contribution in [0.1, 0.15) is 6.92 Å². The maximum absolute atomic E-state index is 4.68. The molecule has 0 unspecified atom stereocenters. The summed E-state index contributed by atoms with van der Waals surface area (Å²) in [6.45, 7) is 2.95. The molecule has 1 aromatic carbocycles. The summed E-state index contributed by atoms with van der Waals surface area (Å²) in [4.78, 5) is 4.68. The van der Waals surface area contributed by atoms with E-state index in [1.54, 1.807) is 11.3 Å². The highest BCUT2D eigenvalue weighted by Crippen LogP contribution is 2.29. The topological polar surface area (TPSA) is 30.7 Å². The Morgan fingerprint density at radius 2 is 2.00 bits per heavy atom. The Kier molecular flexibility index (Phi) is 3.48. The Bertz CT molecular complexity index is 685. The van der Waals surface area contributed by atoms with Gasteiger partial charge in [-0.2, -0.15) is 5.10 Å². The van der Waals surface area contributed by atoms with Crippen molar-refractivity contribution in [2.45, 2.75) is 13.5 Å². The molecule has 3 nitrogen and oxygen atoms in total. The van der Waals surface area contributed by atoms with Crippen molar-refractivity contribution in [3.63, 3.8) is 0 Å². The second kappa shape index (κ2) is 5.27. The monoisotopic (exact) mass is 333 g/mol. The molecule has 0 fully saturated rings. The molecule has 0 N–H and O–H groups in total. The van der Waals surface area contributed by atoms with Crippen LogP contribution in [0.4, 0.5) is 0 Å². The number of rotatable bonds is 3. The Balaban J connectivity index is 1.92. The van der Waals surface area contributed by atoms with E-state index in [9.17, 15) is 0 Å². The predicted octanol–water partition coefficient (Wildman–Crippen LogP) is 4.46. The number of aromatic nitrogens is 3. The Hall–Kier alpha value is -1.46. The lowest BCUT2D eigenvalue weighted by molar-refractivity contribution is 0.660. The fourth-order valence-electron chi connectivity index (χ4n) is 1.80. The van der Waals surface area contributed by atoms with E-state index in [4.69, 9.17) is 0 Å². The Labute approximate surface area is 124 Å². The van der Waals surface area contributed by atoms with E-state index in [1.807, 2.05) is 29.2 Å². The zero-order valence-electron chi connectivity index (χ0n) is 10.4. The van der Waals surface area contributed by atoms with Crippen molar-refractivity contribution in [2.24, 2.45) is 0 Å². The molecule has 0 amide bonds. The summed E-state index contributed by atoms with van der Waals surface area (Å²) >= 11 is 5.10. The highest BCUT2D eigenvalue weighted by molar-refractivity contribution is 9.10. The van der Waals surface area contributed by atoms with Crippen LogP contribution >= 0.6 is 27.3 Å². The smallest absolute Gasteiger partial charge is 0.124 e. The molecular formula is C14H12BrN3S. The predicted molar refractivity (Wildman–Crippen MR) is 82.1 cm³/mol. The molecule has 2 aromatic heterocycles. The molecule has 0 spiro atoms. The number of nitrogens with zero attached hydrogens (tertiary/aromatic N) is 3. The maximum Gasteiger partial charge on any atom is 0.124 e. The summed E-state index contributed by atoms with van der Waals surface area (Å²) < 4.78 is 2.99. The number of hydrogen-bond acceptors (Lipinski definition) is 3. The highest BCUT2D eigenvalue weighted by Gasteiger charge is 2.08. The van der Waals surface area contributed by atoms with Crippen LogP contribution in [-0.4, -0.2) is 14.8 Å². The van der Waals surface area contributed by atoms with Gasteiger partial charge in [-0.3, -0.25) is 4.68 Å². The van der Waals surface area contributed by atoms with Gasteiger partial charge in [0.15, 0.2) is 0 Å². The molecule has 0 saturated carbocycles. The molecule has 5 heteroatoms. The van der Waals surface area contributed by atoms with Crippen LogP contribution in [0, 0.1) is 0 Å². The summed E-state index contributed by atoms with van der Waals surface area (Å²) in [6, 6.07) is 8.21. The third-order valence-electron chi connectivity index (χ3n) is 2.85. The van der Waals surface area contributed by atoms with Gasteiger partial charge in [0.05, 0.1) is 11.9 Å². The maximum atomic E-state index is 4.68. The van der Waals surface area contributed by atoms with Gasteiger partial charge >= 0.3 is 0 Å². The first-order valence-corrected chi connectivity index (χ1v) is 7.68. The molecular weight excluding hydrogens is 322 g/mol. The van der Waals surface area contributed by atoms with Gasteiger partial charge in [0.25, 0.3) is 0 Å². The van der Waals surface area contributed by atoms with Crippen molar-refractivity contribution in [3.05, 3.63) is 46.5 Å². The normalized spacial score (nSPS) is 10.8. The second-order valence-corrected chi connectivity index (χ2v) is 5.90. The van der Waals surface area contributed by atoms with Crippen molar-refractivity contribution in [1.82, 2.24) is 14.8 Å². The minimum Gasteiger partial charge on any atom is -0.272 e. The third kappa shape index (κ3) is 2.62. The van der Waals surface area contributed by atoms with E-state index in [0.29, 0.717) is 0 Å². The first-order valence-electron chi connectivity index (χ1n) is 6.00. The summed E-state index contributed by atoms with van der Waals surface area (Å²) in [7, 11) is 0. The van der Waals surface area contributed by atoms with Gasteiger partial charge in [0.1, 0.15) is 5.01 Å². The Morgan fingerprint density at radius 3 is 2.68 bits per heavy atom. The molecule has 0 aliphatic rings. The van der Waals surface area contributed by atoms with Gasteiger partial charge in [0, 0.05) is 33.7 Å². The van der Waals surface area contributed by atoms with Gasteiger partial charge < -0.3 is 0 Å². The second-order valence-electron chi connectivity index (χ2n) is 4.13. The summed E-state index contributed by atoms with van der Waals surface area (Å²) in [5.74, 6) is 0. The summed E-state index contributed by atoms with van der Waals surface area (Å²) in [6.07, 6.45) is 3.89. The zero-order valence-corrected chi connectivity index (χ0v) is 12.8. The summed E-state index contributed by atoms with van der Waals surface area (Å²) in [5, 5.41) is 7.39. The largest absolute Gasteiger partial charge is 0.272 e. The van der Waals surface area contributed by atoms with Gasteiger partial charge in [-0.1, -0.05) is 28.1 Å². The van der Waals surface area contributed by atoms with E-state index in [2.05, 4.69) is 50.4 Å². The van der Waals surface area contributed by atoms with E-state index >= 15 is 0 Å². The molecule has 0 atom stereocenters. The average molecular weight is 334 g/mol. The van der Waals surface area contributed by atoms with Crippen LogP contribution in [0.5, 0.6) is 0 Å². The zero-order chi connectivity index (χ0) is 13.2. The molecule has 0 aliphatic heterocycles. The van der Waals surface area contributed by atoms with Crippen LogP contribution < -0.4 is 0 Å². The van der Waals surface area contributed by atoms with E-state index in [-0.39, 0.29) is 0 Å². The van der Waals surface area contributed by atoms with Crippen LogP contribution in [0.3, 0.4) is 0 Å². The van der Waals surface area contributed by atoms with Crippen LogP contribution in [0.15, 0.2) is 46.5 Å². The average Bonchev–Trinajstić information content (AvgIpc) is 3.08. The number of benzene rings is 1. The number of aryl methyl sites for hydroxylation is 1. The van der Waals surface area contributed by atoms with Gasteiger partial charge in [-0.05, 0) is 19.1 Å². The fourth-order valence-corrected chi connectivity index (χ4v) is 2.90. The SMILES string of the molecule is CCn1cc(-c2csc(-c3ccc(Br)cc3)n2)cn1. The highest BCUT2D eigenvalue weighted by atomic mass is 79.9. The Morgan fingerprint density at radius 1 is 1.21 bits per heavy atom. The lowest BCUT2D eigenvalue weighted by Crippen LogP contribution is -1.91. The van der Waals surface area contributed by atoms with Crippen LogP contribution in [0.2, 0.25) is 0 Å². The van der Waals surface area contributed by atoms with Crippen molar-refractivity contribution in [3.8, 4) is 21.8 Å². The standard InChI is InChI=1S/C14H12BrN3S/c1-2-18-8-11(7-16-18)13-9-19-14(17-13)10-3-5-12(15)6-4-10/h3-9H,2H2,1H3. The lowest BCUT2D eigenvalue weighted by atomic mass is 10.2. The van der Waals surface area contributed by atoms with Crippen LogP contribution in [-0.2, 0) is 6.54 Å².